The van der Waals surface area contributed by atoms with Gasteiger partial charge in [-0.1, -0.05) is 40.2 Å². The molecule has 0 aliphatic carbocycles. The Balaban J connectivity index is 1.86. The summed E-state index contributed by atoms with van der Waals surface area (Å²) in [7, 11) is 1.93. The van der Waals surface area contributed by atoms with Crippen LogP contribution in [0.5, 0.6) is 11.5 Å². The van der Waals surface area contributed by atoms with Gasteiger partial charge < -0.3 is 14.8 Å². The van der Waals surface area contributed by atoms with Crippen molar-refractivity contribution in [1.29, 1.82) is 0 Å². The molecule has 0 aromatic heterocycles. The van der Waals surface area contributed by atoms with Crippen LogP contribution >= 0.6 is 15.9 Å². The van der Waals surface area contributed by atoms with E-state index in [0.29, 0.717) is 13.2 Å². The molecule has 0 bridgehead atoms. The number of hydrogen-bond acceptors (Lipinski definition) is 3. The van der Waals surface area contributed by atoms with E-state index >= 15 is 0 Å². The second-order valence-electron chi connectivity index (χ2n) is 4.74. The Morgan fingerprint density at radius 3 is 2.48 bits per heavy atom. The highest BCUT2D eigenvalue weighted by atomic mass is 79.9. The molecule has 2 rings (SSSR count). The number of nitrogens with one attached hydrogen (secondary N) is 1. The van der Waals surface area contributed by atoms with Gasteiger partial charge in [0.15, 0.2) is 0 Å². The summed E-state index contributed by atoms with van der Waals surface area (Å²) in [6.07, 6.45) is 0. The van der Waals surface area contributed by atoms with Crippen molar-refractivity contribution in [3.8, 4) is 11.5 Å². The highest BCUT2D eigenvalue weighted by Gasteiger charge is 2.03. The number of benzene rings is 2. The zero-order valence-corrected chi connectivity index (χ0v) is 13.9. The molecule has 0 saturated carbocycles. The third-order valence-electron chi connectivity index (χ3n) is 3.09. The first-order valence-corrected chi connectivity index (χ1v) is 7.74. The Morgan fingerprint density at radius 2 is 1.71 bits per heavy atom. The van der Waals surface area contributed by atoms with E-state index in [-0.39, 0.29) is 0 Å². The number of ether oxygens (including phenoxy) is 2. The van der Waals surface area contributed by atoms with E-state index in [0.717, 1.165) is 33.6 Å². The minimum absolute atomic E-state index is 0.519. The Hall–Kier alpha value is -1.52. The van der Waals surface area contributed by atoms with Crippen LogP contribution in [0.4, 0.5) is 0 Å². The Kier molecular flexibility index (Phi) is 6.08. The molecule has 0 fully saturated rings. The molecule has 0 radical (unpaired) electrons. The molecule has 0 heterocycles. The maximum absolute atomic E-state index is 5.80. The lowest BCUT2D eigenvalue weighted by atomic mass is 10.2. The van der Waals surface area contributed by atoms with Crippen LogP contribution in [0.3, 0.4) is 0 Å². The number of aryl methyl sites for hydroxylation is 1. The molecule has 0 saturated heterocycles. The third kappa shape index (κ3) is 4.76. The molecule has 2 aromatic carbocycles. The molecule has 0 aliphatic heterocycles. The van der Waals surface area contributed by atoms with Crippen LogP contribution in [0.2, 0.25) is 0 Å². The maximum atomic E-state index is 5.80. The predicted octanol–water partition coefficient (Wildman–Crippen LogP) is 3.93. The average Bonchev–Trinajstić information content (AvgIpc) is 2.49. The summed E-state index contributed by atoms with van der Waals surface area (Å²) < 4.78 is 12.6. The van der Waals surface area contributed by atoms with Crippen LogP contribution in [0.15, 0.2) is 46.9 Å². The van der Waals surface area contributed by atoms with Gasteiger partial charge in [0.25, 0.3) is 0 Å². The normalized spacial score (nSPS) is 10.4. The second-order valence-corrected chi connectivity index (χ2v) is 5.66. The maximum Gasteiger partial charge on any atom is 0.123 e. The topological polar surface area (TPSA) is 30.5 Å². The fourth-order valence-electron chi connectivity index (χ4n) is 2.01. The first-order chi connectivity index (χ1) is 10.2. The predicted molar refractivity (Wildman–Crippen MR) is 89.1 cm³/mol. The highest BCUT2D eigenvalue weighted by molar-refractivity contribution is 9.10. The van der Waals surface area contributed by atoms with Crippen molar-refractivity contribution >= 4 is 15.9 Å². The van der Waals surface area contributed by atoms with Gasteiger partial charge in [0.05, 0.1) is 0 Å². The standard InChI is InChI=1S/C17H20BrNO2/c1-13-7-8-15(18)11-17(13)21-10-9-20-16-6-4-3-5-14(16)12-19-2/h3-8,11,19H,9-10,12H2,1-2H3. The average molecular weight is 350 g/mol. The fraction of sp³-hybridized carbons (Fsp3) is 0.294. The molecule has 2 aromatic rings. The summed E-state index contributed by atoms with van der Waals surface area (Å²) in [5.41, 5.74) is 2.27. The van der Waals surface area contributed by atoms with E-state index in [1.807, 2.05) is 50.4 Å². The first-order valence-electron chi connectivity index (χ1n) is 6.95. The molecule has 112 valence electrons. The lowest BCUT2D eigenvalue weighted by Crippen LogP contribution is -2.12. The van der Waals surface area contributed by atoms with Crippen LogP contribution in [0.25, 0.3) is 0 Å². The second kappa shape index (κ2) is 8.05. The molecule has 0 unspecified atom stereocenters. The van der Waals surface area contributed by atoms with Crippen LogP contribution in [0.1, 0.15) is 11.1 Å². The van der Waals surface area contributed by atoms with Crippen molar-refractivity contribution in [2.45, 2.75) is 13.5 Å². The van der Waals surface area contributed by atoms with Crippen molar-refractivity contribution < 1.29 is 9.47 Å². The Bertz CT molecular complexity index is 587. The van der Waals surface area contributed by atoms with E-state index in [2.05, 4.69) is 27.3 Å². The smallest absolute Gasteiger partial charge is 0.123 e. The molecule has 0 aliphatic rings. The van der Waals surface area contributed by atoms with Gasteiger partial charge in [0, 0.05) is 16.6 Å². The summed E-state index contributed by atoms with van der Waals surface area (Å²) in [6, 6.07) is 14.1. The summed E-state index contributed by atoms with van der Waals surface area (Å²) in [4.78, 5) is 0. The Morgan fingerprint density at radius 1 is 1.00 bits per heavy atom. The van der Waals surface area contributed by atoms with Crippen molar-refractivity contribution in [3.05, 3.63) is 58.1 Å². The van der Waals surface area contributed by atoms with Crippen molar-refractivity contribution in [1.82, 2.24) is 5.32 Å². The van der Waals surface area contributed by atoms with E-state index in [4.69, 9.17) is 9.47 Å². The van der Waals surface area contributed by atoms with Crippen molar-refractivity contribution in [2.75, 3.05) is 20.3 Å². The number of rotatable bonds is 7. The molecule has 1 N–H and O–H groups in total. The minimum atomic E-state index is 0.519. The number of hydrogen-bond donors (Lipinski definition) is 1. The van der Waals surface area contributed by atoms with Crippen molar-refractivity contribution in [3.63, 3.8) is 0 Å². The van der Waals surface area contributed by atoms with Crippen LogP contribution < -0.4 is 14.8 Å². The van der Waals surface area contributed by atoms with Gasteiger partial charge in [-0.05, 0) is 37.7 Å². The Labute approximate surface area is 134 Å². The largest absolute Gasteiger partial charge is 0.490 e. The monoisotopic (exact) mass is 349 g/mol. The SMILES string of the molecule is CNCc1ccccc1OCCOc1cc(Br)ccc1C. The molecule has 0 amide bonds. The summed E-state index contributed by atoms with van der Waals surface area (Å²) in [5.74, 6) is 1.79. The van der Waals surface area contributed by atoms with Gasteiger partial charge in [-0.15, -0.1) is 0 Å². The zero-order valence-electron chi connectivity index (χ0n) is 12.4. The van der Waals surface area contributed by atoms with Gasteiger partial charge >= 0.3 is 0 Å². The summed E-state index contributed by atoms with van der Waals surface area (Å²) >= 11 is 3.45. The molecule has 4 heteroatoms. The van der Waals surface area contributed by atoms with Gasteiger partial charge in [-0.3, -0.25) is 0 Å². The summed E-state index contributed by atoms with van der Waals surface area (Å²) in [6.45, 7) is 3.87. The molecular formula is C17H20BrNO2. The third-order valence-corrected chi connectivity index (χ3v) is 3.58. The van der Waals surface area contributed by atoms with E-state index in [1.54, 1.807) is 0 Å². The molecule has 21 heavy (non-hydrogen) atoms. The molecular weight excluding hydrogens is 330 g/mol. The highest BCUT2D eigenvalue weighted by Crippen LogP contribution is 2.23. The summed E-state index contributed by atoms with van der Waals surface area (Å²) in [5, 5.41) is 3.14. The fourth-order valence-corrected chi connectivity index (χ4v) is 2.35. The van der Waals surface area contributed by atoms with E-state index in [9.17, 15) is 0 Å². The van der Waals surface area contributed by atoms with Gasteiger partial charge in [0.1, 0.15) is 24.7 Å². The van der Waals surface area contributed by atoms with E-state index in [1.165, 1.54) is 0 Å². The van der Waals surface area contributed by atoms with Gasteiger partial charge in [-0.25, -0.2) is 0 Å². The lowest BCUT2D eigenvalue weighted by molar-refractivity contribution is 0.215. The molecule has 0 atom stereocenters. The van der Waals surface area contributed by atoms with Crippen molar-refractivity contribution in [2.24, 2.45) is 0 Å². The first kappa shape index (κ1) is 15.9. The quantitative estimate of drug-likeness (QED) is 0.768. The molecule has 0 spiro atoms. The lowest BCUT2D eigenvalue weighted by Gasteiger charge is -2.13. The van der Waals surface area contributed by atoms with Gasteiger partial charge in [0.2, 0.25) is 0 Å². The van der Waals surface area contributed by atoms with Crippen LogP contribution in [-0.2, 0) is 6.54 Å². The molecule has 3 nitrogen and oxygen atoms in total. The van der Waals surface area contributed by atoms with Crippen LogP contribution in [0, 0.1) is 6.92 Å². The van der Waals surface area contributed by atoms with Gasteiger partial charge in [-0.2, -0.15) is 0 Å². The number of para-hydroxylation sites is 1. The van der Waals surface area contributed by atoms with Crippen LogP contribution in [-0.4, -0.2) is 20.3 Å². The minimum Gasteiger partial charge on any atom is -0.490 e. The van der Waals surface area contributed by atoms with E-state index < -0.39 is 0 Å². The number of halogens is 1. The zero-order chi connectivity index (χ0) is 15.1.